The summed E-state index contributed by atoms with van der Waals surface area (Å²) in [5, 5.41) is 15.0. The number of hydrogen-bond acceptors (Lipinski definition) is 6. The second-order valence-corrected chi connectivity index (χ2v) is 7.67. The van der Waals surface area contributed by atoms with Crippen LogP contribution in [0.3, 0.4) is 0 Å². The first-order chi connectivity index (χ1) is 14.4. The summed E-state index contributed by atoms with van der Waals surface area (Å²) in [4.78, 5) is 27.2. The van der Waals surface area contributed by atoms with Crippen LogP contribution in [0, 0.1) is 6.92 Å². The Morgan fingerprint density at radius 1 is 1.17 bits per heavy atom. The molecule has 2 heterocycles. The number of carbonyl (C=O) groups excluding carboxylic acids is 2. The first-order valence-corrected chi connectivity index (χ1v) is 9.84. The van der Waals surface area contributed by atoms with E-state index >= 15 is 0 Å². The van der Waals surface area contributed by atoms with Gasteiger partial charge in [-0.25, -0.2) is 0 Å². The maximum absolute atomic E-state index is 13.0. The largest absolute Gasteiger partial charge is 0.507 e. The van der Waals surface area contributed by atoms with Crippen LogP contribution in [0.15, 0.2) is 69.2 Å². The lowest BCUT2D eigenvalue weighted by Crippen LogP contribution is -2.29. The second-order valence-electron chi connectivity index (χ2n) is 6.75. The van der Waals surface area contributed by atoms with Crippen LogP contribution < -0.4 is 9.64 Å². The third kappa shape index (κ3) is 3.39. The molecule has 1 fully saturated rings. The summed E-state index contributed by atoms with van der Waals surface area (Å²) in [6.45, 7) is 1.69. The molecule has 3 aromatic rings. The fourth-order valence-electron chi connectivity index (χ4n) is 3.45. The highest BCUT2D eigenvalue weighted by atomic mass is 79.9. The van der Waals surface area contributed by atoms with E-state index in [0.717, 1.165) is 4.47 Å². The second kappa shape index (κ2) is 7.79. The Morgan fingerprint density at radius 2 is 1.93 bits per heavy atom. The Kier molecular flexibility index (Phi) is 5.17. The highest BCUT2D eigenvalue weighted by Gasteiger charge is 2.48. The van der Waals surface area contributed by atoms with Crippen LogP contribution in [0.4, 0.5) is 5.82 Å². The quantitative estimate of drug-likeness (QED) is 0.347. The van der Waals surface area contributed by atoms with Crippen molar-refractivity contribution in [1.29, 1.82) is 0 Å². The van der Waals surface area contributed by atoms with Gasteiger partial charge in [-0.3, -0.25) is 14.5 Å². The smallest absolute Gasteiger partial charge is 0.301 e. The predicted octanol–water partition coefficient (Wildman–Crippen LogP) is 4.38. The molecule has 1 aliphatic rings. The zero-order valence-corrected chi connectivity index (χ0v) is 17.7. The molecule has 1 N–H and O–H groups in total. The fourth-order valence-corrected chi connectivity index (χ4v) is 3.87. The number of halogens is 1. The number of hydrogen-bond donors (Lipinski definition) is 1. The van der Waals surface area contributed by atoms with Crippen LogP contribution >= 0.6 is 15.9 Å². The summed E-state index contributed by atoms with van der Waals surface area (Å²) in [6.07, 6.45) is 0. The number of aromatic nitrogens is 1. The number of anilines is 1. The fraction of sp³-hybridized carbons (Fsp3) is 0.136. The van der Waals surface area contributed by atoms with Crippen molar-refractivity contribution in [2.45, 2.75) is 13.0 Å². The van der Waals surface area contributed by atoms with Gasteiger partial charge in [0.15, 0.2) is 5.82 Å². The van der Waals surface area contributed by atoms with Gasteiger partial charge < -0.3 is 14.4 Å². The van der Waals surface area contributed by atoms with E-state index in [1.165, 1.54) is 12.0 Å². The van der Waals surface area contributed by atoms with E-state index in [0.29, 0.717) is 22.6 Å². The molecule has 1 aromatic heterocycles. The van der Waals surface area contributed by atoms with Gasteiger partial charge in [0.2, 0.25) is 0 Å². The molecule has 4 rings (SSSR count). The molecule has 30 heavy (non-hydrogen) atoms. The summed E-state index contributed by atoms with van der Waals surface area (Å²) in [5.74, 6) is -0.685. The number of carbonyl (C=O) groups is 2. The van der Waals surface area contributed by atoms with Crippen molar-refractivity contribution in [3.8, 4) is 5.75 Å². The Hall–Kier alpha value is -3.39. The number of Topliss-reactive ketones (excluding diaryl/α,β-unsaturated/α-hetero) is 1. The number of ether oxygens (including phenoxy) is 1. The SMILES string of the molecule is COc1cccc(/C(O)=C2/C(=O)C(=O)N(c3cc(C)on3)C2c2cccc(Br)c2)c1. The average molecular weight is 469 g/mol. The van der Waals surface area contributed by atoms with Crippen LogP contribution in [0.25, 0.3) is 5.76 Å². The van der Waals surface area contributed by atoms with E-state index in [1.54, 1.807) is 55.5 Å². The minimum Gasteiger partial charge on any atom is -0.507 e. The maximum Gasteiger partial charge on any atom is 0.301 e. The van der Waals surface area contributed by atoms with Crippen LogP contribution in [-0.2, 0) is 9.59 Å². The first-order valence-electron chi connectivity index (χ1n) is 9.05. The minimum absolute atomic E-state index is 0.0352. The van der Waals surface area contributed by atoms with Crippen molar-refractivity contribution in [3.05, 3.63) is 81.5 Å². The molecule has 0 spiro atoms. The molecule has 0 radical (unpaired) electrons. The number of ketones is 1. The molecule has 1 amide bonds. The third-order valence-corrected chi connectivity index (χ3v) is 5.31. The molecule has 0 bridgehead atoms. The molecule has 7 nitrogen and oxygen atoms in total. The molecule has 1 saturated heterocycles. The summed E-state index contributed by atoms with van der Waals surface area (Å²) in [6, 6.07) is 14.5. The number of nitrogens with zero attached hydrogens (tertiary/aromatic N) is 2. The predicted molar refractivity (Wildman–Crippen MR) is 113 cm³/mol. The lowest BCUT2D eigenvalue weighted by Gasteiger charge is -2.23. The van der Waals surface area contributed by atoms with Gasteiger partial charge in [-0.05, 0) is 36.8 Å². The van der Waals surface area contributed by atoms with Crippen molar-refractivity contribution >= 4 is 39.2 Å². The molecule has 152 valence electrons. The molecular weight excluding hydrogens is 452 g/mol. The van der Waals surface area contributed by atoms with Crippen LogP contribution in [-0.4, -0.2) is 29.1 Å². The monoisotopic (exact) mass is 468 g/mol. The summed E-state index contributed by atoms with van der Waals surface area (Å²) >= 11 is 3.42. The van der Waals surface area contributed by atoms with E-state index in [4.69, 9.17) is 9.26 Å². The van der Waals surface area contributed by atoms with Crippen molar-refractivity contribution in [2.24, 2.45) is 0 Å². The minimum atomic E-state index is -0.877. The van der Waals surface area contributed by atoms with E-state index in [2.05, 4.69) is 21.1 Å². The molecule has 0 aliphatic carbocycles. The van der Waals surface area contributed by atoms with E-state index in [9.17, 15) is 14.7 Å². The molecule has 0 saturated carbocycles. The Morgan fingerprint density at radius 3 is 2.60 bits per heavy atom. The number of aliphatic hydroxyl groups excluding tert-OH is 1. The number of aliphatic hydroxyl groups is 1. The summed E-state index contributed by atoms with van der Waals surface area (Å²) in [5.41, 5.74) is 0.962. The van der Waals surface area contributed by atoms with E-state index in [-0.39, 0.29) is 17.2 Å². The van der Waals surface area contributed by atoms with Gasteiger partial charge >= 0.3 is 5.91 Å². The van der Waals surface area contributed by atoms with E-state index in [1.807, 2.05) is 6.07 Å². The zero-order chi connectivity index (χ0) is 21.4. The summed E-state index contributed by atoms with van der Waals surface area (Å²) in [7, 11) is 1.51. The zero-order valence-electron chi connectivity index (χ0n) is 16.1. The number of amides is 1. The van der Waals surface area contributed by atoms with Gasteiger partial charge in [-0.2, -0.15) is 0 Å². The number of benzene rings is 2. The maximum atomic E-state index is 13.0. The Balaban J connectivity index is 1.95. The first kappa shape index (κ1) is 19.9. The van der Waals surface area contributed by atoms with Crippen molar-refractivity contribution < 1.29 is 24.0 Å². The van der Waals surface area contributed by atoms with Crippen LogP contribution in [0.2, 0.25) is 0 Å². The normalized spacial score (nSPS) is 18.1. The highest BCUT2D eigenvalue weighted by molar-refractivity contribution is 9.10. The molecule has 8 heteroatoms. The molecular formula is C22H17BrN2O5. The average Bonchev–Trinajstić information content (AvgIpc) is 3.28. The highest BCUT2D eigenvalue weighted by Crippen LogP contribution is 2.42. The van der Waals surface area contributed by atoms with Crippen molar-refractivity contribution in [1.82, 2.24) is 5.16 Å². The molecule has 2 aromatic carbocycles. The summed E-state index contributed by atoms with van der Waals surface area (Å²) < 4.78 is 11.1. The lowest BCUT2D eigenvalue weighted by molar-refractivity contribution is -0.132. The van der Waals surface area contributed by atoms with Gasteiger partial charge in [0, 0.05) is 16.1 Å². The molecule has 1 atom stereocenters. The topological polar surface area (TPSA) is 92.9 Å². The lowest BCUT2D eigenvalue weighted by atomic mass is 9.95. The van der Waals surface area contributed by atoms with Crippen molar-refractivity contribution in [2.75, 3.05) is 12.0 Å². The van der Waals surface area contributed by atoms with Gasteiger partial charge in [0.25, 0.3) is 5.78 Å². The van der Waals surface area contributed by atoms with Crippen LogP contribution in [0.5, 0.6) is 5.75 Å². The Bertz CT molecular complexity index is 1180. The third-order valence-electron chi connectivity index (χ3n) is 4.81. The van der Waals surface area contributed by atoms with Crippen molar-refractivity contribution in [3.63, 3.8) is 0 Å². The van der Waals surface area contributed by atoms with Gasteiger partial charge in [-0.15, -0.1) is 0 Å². The number of rotatable bonds is 4. The standard InChI is InChI=1S/C22H17BrN2O5/c1-12-9-17(24-30-12)25-19(13-5-3-7-15(23)10-13)18(21(27)22(25)28)20(26)14-6-4-8-16(11-14)29-2/h3-11,19,26H,1-2H3/b20-18-. The van der Waals surface area contributed by atoms with Gasteiger partial charge in [-0.1, -0.05) is 45.4 Å². The van der Waals surface area contributed by atoms with Crippen LogP contribution in [0.1, 0.15) is 22.9 Å². The number of aryl methyl sites for hydroxylation is 1. The van der Waals surface area contributed by atoms with Gasteiger partial charge in [0.1, 0.15) is 17.3 Å². The molecule has 1 aliphatic heterocycles. The number of methoxy groups -OCH3 is 1. The Labute approximate surface area is 180 Å². The van der Waals surface area contributed by atoms with Gasteiger partial charge in [0.05, 0.1) is 18.7 Å². The van der Waals surface area contributed by atoms with E-state index < -0.39 is 17.7 Å². The molecule has 1 unspecified atom stereocenters.